The molecule has 0 aromatic heterocycles. The van der Waals surface area contributed by atoms with E-state index >= 15 is 0 Å². The average molecular weight is 182 g/mol. The summed E-state index contributed by atoms with van der Waals surface area (Å²) in [5.41, 5.74) is 1.43. The van der Waals surface area contributed by atoms with Crippen LogP contribution < -0.4 is 0 Å². The Hall–Kier alpha value is -0.890. The van der Waals surface area contributed by atoms with E-state index in [1.165, 1.54) is 6.07 Å². The van der Waals surface area contributed by atoms with E-state index in [4.69, 9.17) is 0 Å². The molecule has 2 heteroatoms. The molecular formula is C11H15FO. The monoisotopic (exact) mass is 182 g/mol. The topological polar surface area (TPSA) is 20.2 Å². The van der Waals surface area contributed by atoms with Gasteiger partial charge in [0.05, 0.1) is 6.10 Å². The summed E-state index contributed by atoms with van der Waals surface area (Å²) in [5.74, 6) is 0.0255. The van der Waals surface area contributed by atoms with Crippen molar-refractivity contribution in [3.8, 4) is 0 Å². The molecular weight excluding hydrogens is 167 g/mol. The smallest absolute Gasteiger partial charge is 0.129 e. The van der Waals surface area contributed by atoms with Crippen molar-refractivity contribution in [3.63, 3.8) is 0 Å². The Morgan fingerprint density at radius 1 is 1.23 bits per heavy atom. The maximum atomic E-state index is 13.1. The fourth-order valence-electron chi connectivity index (χ4n) is 1.24. The van der Waals surface area contributed by atoms with E-state index in [0.717, 1.165) is 5.56 Å². The van der Waals surface area contributed by atoms with Gasteiger partial charge in [0.15, 0.2) is 0 Å². The van der Waals surface area contributed by atoms with Crippen molar-refractivity contribution in [1.29, 1.82) is 0 Å². The second-order valence-electron chi connectivity index (χ2n) is 3.61. The molecule has 0 radical (unpaired) electrons. The number of benzene rings is 1. The molecule has 1 unspecified atom stereocenters. The summed E-state index contributed by atoms with van der Waals surface area (Å²) in [5, 5.41) is 9.27. The molecule has 1 N–H and O–H groups in total. The maximum Gasteiger partial charge on any atom is 0.129 e. The highest BCUT2D eigenvalue weighted by molar-refractivity contribution is 5.28. The van der Waals surface area contributed by atoms with Gasteiger partial charge < -0.3 is 5.11 Å². The Morgan fingerprint density at radius 2 is 1.85 bits per heavy atom. The Balaban J connectivity index is 3.11. The van der Waals surface area contributed by atoms with Gasteiger partial charge >= 0.3 is 0 Å². The Labute approximate surface area is 78.2 Å². The van der Waals surface area contributed by atoms with Crippen LogP contribution in [0.15, 0.2) is 18.2 Å². The molecule has 0 bridgehead atoms. The summed E-state index contributed by atoms with van der Waals surface area (Å²) < 4.78 is 13.1. The maximum absolute atomic E-state index is 13.1. The summed E-state index contributed by atoms with van der Waals surface area (Å²) in [7, 11) is 0. The number of hydrogen-bond acceptors (Lipinski definition) is 1. The normalized spacial score (nSPS) is 13.4. The largest absolute Gasteiger partial charge is 0.389 e. The minimum atomic E-state index is -0.737. The van der Waals surface area contributed by atoms with Crippen LogP contribution in [0.4, 0.5) is 4.39 Å². The second-order valence-corrected chi connectivity index (χ2v) is 3.61. The molecule has 0 heterocycles. The molecule has 1 rings (SSSR count). The second kappa shape index (κ2) is 3.88. The minimum absolute atomic E-state index is 0.334. The number of halogens is 1. The van der Waals surface area contributed by atoms with Crippen molar-refractivity contribution >= 4 is 0 Å². The minimum Gasteiger partial charge on any atom is -0.389 e. The van der Waals surface area contributed by atoms with Gasteiger partial charge in [-0.25, -0.2) is 4.39 Å². The first-order chi connectivity index (χ1) is 6.02. The van der Waals surface area contributed by atoms with Crippen LogP contribution in [-0.2, 0) is 0 Å². The van der Waals surface area contributed by atoms with Crippen LogP contribution in [0.3, 0.4) is 0 Å². The lowest BCUT2D eigenvalue weighted by molar-refractivity contribution is 0.194. The molecule has 0 spiro atoms. The fourth-order valence-corrected chi connectivity index (χ4v) is 1.24. The fraction of sp³-hybridized carbons (Fsp3) is 0.455. The van der Waals surface area contributed by atoms with E-state index in [0.29, 0.717) is 11.5 Å². The average Bonchev–Trinajstić information content (AvgIpc) is 2.04. The van der Waals surface area contributed by atoms with Crippen LogP contribution in [0.1, 0.15) is 43.9 Å². The SMILES string of the molecule is CC(C)c1ccc(F)c(C(C)O)c1. The first kappa shape index (κ1) is 10.2. The Bertz CT molecular complexity index is 292. The predicted molar refractivity (Wildman–Crippen MR) is 51.1 cm³/mol. The van der Waals surface area contributed by atoms with E-state index in [1.54, 1.807) is 19.1 Å². The third kappa shape index (κ3) is 2.28. The van der Waals surface area contributed by atoms with E-state index in [1.807, 2.05) is 13.8 Å². The third-order valence-corrected chi connectivity index (χ3v) is 2.14. The van der Waals surface area contributed by atoms with Crippen LogP contribution in [0.25, 0.3) is 0 Å². The molecule has 72 valence electrons. The molecule has 13 heavy (non-hydrogen) atoms. The first-order valence-electron chi connectivity index (χ1n) is 4.49. The molecule has 1 aromatic carbocycles. The summed E-state index contributed by atoms with van der Waals surface area (Å²) in [6.07, 6.45) is -0.737. The van der Waals surface area contributed by atoms with Gasteiger partial charge in [-0.1, -0.05) is 26.0 Å². The summed E-state index contributed by atoms with van der Waals surface area (Å²) in [6, 6.07) is 4.90. The van der Waals surface area contributed by atoms with Gasteiger partial charge in [-0.3, -0.25) is 0 Å². The highest BCUT2D eigenvalue weighted by atomic mass is 19.1. The van der Waals surface area contributed by atoms with E-state index < -0.39 is 6.10 Å². The van der Waals surface area contributed by atoms with Crippen molar-refractivity contribution in [2.75, 3.05) is 0 Å². The molecule has 0 aliphatic rings. The zero-order valence-electron chi connectivity index (χ0n) is 8.21. The Kier molecular flexibility index (Phi) is 3.04. The van der Waals surface area contributed by atoms with Crippen molar-refractivity contribution in [3.05, 3.63) is 35.1 Å². The molecule has 0 fully saturated rings. The van der Waals surface area contributed by atoms with Gasteiger partial charge in [0.1, 0.15) is 5.82 Å². The van der Waals surface area contributed by atoms with Gasteiger partial charge in [-0.15, -0.1) is 0 Å². The van der Waals surface area contributed by atoms with Crippen LogP contribution in [0.2, 0.25) is 0 Å². The zero-order chi connectivity index (χ0) is 10.0. The molecule has 0 saturated carbocycles. The lowest BCUT2D eigenvalue weighted by Gasteiger charge is -2.10. The lowest BCUT2D eigenvalue weighted by Crippen LogP contribution is -1.98. The summed E-state index contributed by atoms with van der Waals surface area (Å²) in [6.45, 7) is 5.65. The quantitative estimate of drug-likeness (QED) is 0.745. The summed E-state index contributed by atoms with van der Waals surface area (Å²) >= 11 is 0. The first-order valence-corrected chi connectivity index (χ1v) is 4.49. The molecule has 0 aliphatic carbocycles. The number of aliphatic hydroxyl groups excluding tert-OH is 1. The standard InChI is InChI=1S/C11H15FO/c1-7(2)9-4-5-11(12)10(6-9)8(3)13/h4-8,13H,1-3H3. The number of rotatable bonds is 2. The highest BCUT2D eigenvalue weighted by Crippen LogP contribution is 2.22. The zero-order valence-corrected chi connectivity index (χ0v) is 8.21. The molecule has 0 aliphatic heterocycles. The number of hydrogen-bond donors (Lipinski definition) is 1. The van der Waals surface area contributed by atoms with E-state index in [2.05, 4.69) is 0 Å². The van der Waals surface area contributed by atoms with Crippen LogP contribution in [-0.4, -0.2) is 5.11 Å². The van der Waals surface area contributed by atoms with E-state index in [-0.39, 0.29) is 5.82 Å². The Morgan fingerprint density at radius 3 is 2.31 bits per heavy atom. The lowest BCUT2D eigenvalue weighted by atomic mass is 9.99. The van der Waals surface area contributed by atoms with Gasteiger partial charge in [0.2, 0.25) is 0 Å². The molecule has 1 nitrogen and oxygen atoms in total. The third-order valence-electron chi connectivity index (χ3n) is 2.14. The van der Waals surface area contributed by atoms with Crippen molar-refractivity contribution in [2.45, 2.75) is 32.8 Å². The van der Waals surface area contributed by atoms with Gasteiger partial charge in [0.25, 0.3) is 0 Å². The summed E-state index contributed by atoms with van der Waals surface area (Å²) in [4.78, 5) is 0. The predicted octanol–water partition coefficient (Wildman–Crippen LogP) is 3.00. The van der Waals surface area contributed by atoms with Crippen LogP contribution in [0.5, 0.6) is 0 Å². The van der Waals surface area contributed by atoms with Crippen molar-refractivity contribution in [1.82, 2.24) is 0 Å². The molecule has 1 aromatic rings. The van der Waals surface area contributed by atoms with Crippen LogP contribution in [0, 0.1) is 5.82 Å². The molecule has 0 saturated heterocycles. The van der Waals surface area contributed by atoms with Gasteiger partial charge in [0, 0.05) is 5.56 Å². The van der Waals surface area contributed by atoms with Crippen molar-refractivity contribution in [2.24, 2.45) is 0 Å². The van der Waals surface area contributed by atoms with Gasteiger partial charge in [-0.05, 0) is 24.5 Å². The molecule has 1 atom stereocenters. The van der Waals surface area contributed by atoms with Crippen LogP contribution >= 0.6 is 0 Å². The van der Waals surface area contributed by atoms with Gasteiger partial charge in [-0.2, -0.15) is 0 Å². The van der Waals surface area contributed by atoms with Crippen molar-refractivity contribution < 1.29 is 9.50 Å². The number of aliphatic hydroxyl groups is 1. The van der Waals surface area contributed by atoms with E-state index in [9.17, 15) is 9.50 Å². The highest BCUT2D eigenvalue weighted by Gasteiger charge is 2.09. The molecule has 0 amide bonds.